The average molecular weight is 308 g/mol. The maximum atomic E-state index is 13.1. The molecule has 0 bridgehead atoms. The molecule has 118 valence electrons. The molecule has 0 saturated carbocycles. The van der Waals surface area contributed by atoms with Crippen LogP contribution in [0.4, 0.5) is 0 Å². The van der Waals surface area contributed by atoms with Gasteiger partial charge in [-0.25, -0.2) is 0 Å². The van der Waals surface area contributed by atoms with Crippen molar-refractivity contribution in [2.75, 3.05) is 6.73 Å². The third-order valence-corrected chi connectivity index (χ3v) is 4.33. The number of carbonyl (C=O) groups is 1. The van der Waals surface area contributed by atoms with Crippen LogP contribution in [0.25, 0.3) is 5.57 Å². The highest BCUT2D eigenvalue weighted by Crippen LogP contribution is 2.34. The Hall–Kier alpha value is -2.62. The Labute approximate surface area is 136 Å². The van der Waals surface area contributed by atoms with Crippen LogP contribution in [0.2, 0.25) is 0 Å². The molecule has 0 atom stereocenters. The fourth-order valence-corrected chi connectivity index (χ4v) is 2.83. The van der Waals surface area contributed by atoms with Gasteiger partial charge in [0.25, 0.3) is 5.91 Å². The largest absolute Gasteiger partial charge is 0.477 e. The molecule has 0 saturated heterocycles. The zero-order valence-corrected chi connectivity index (χ0v) is 13.6. The van der Waals surface area contributed by atoms with Crippen LogP contribution >= 0.6 is 0 Å². The first-order chi connectivity index (χ1) is 11.0. The molecule has 0 N–H and O–H groups in total. The minimum absolute atomic E-state index is 0.0318. The van der Waals surface area contributed by atoms with E-state index in [9.17, 15) is 4.79 Å². The molecule has 1 aliphatic rings. The van der Waals surface area contributed by atoms with E-state index in [4.69, 9.17) is 4.74 Å². The van der Waals surface area contributed by atoms with E-state index in [1.54, 1.807) is 17.3 Å². The van der Waals surface area contributed by atoms with E-state index in [-0.39, 0.29) is 12.6 Å². The summed E-state index contributed by atoms with van der Waals surface area (Å²) in [4.78, 5) is 19.0. The summed E-state index contributed by atoms with van der Waals surface area (Å²) in [6.07, 6.45) is 3.39. The topological polar surface area (TPSA) is 42.4 Å². The van der Waals surface area contributed by atoms with Crippen LogP contribution in [0.5, 0.6) is 0 Å². The smallest absolute Gasteiger partial charge is 0.261 e. The third kappa shape index (κ3) is 2.72. The van der Waals surface area contributed by atoms with Gasteiger partial charge in [-0.1, -0.05) is 36.4 Å². The van der Waals surface area contributed by atoms with Gasteiger partial charge in [0.2, 0.25) is 0 Å². The molecule has 2 heterocycles. The summed E-state index contributed by atoms with van der Waals surface area (Å²) in [7, 11) is 0. The van der Waals surface area contributed by atoms with Crippen molar-refractivity contribution in [3.8, 4) is 0 Å². The van der Waals surface area contributed by atoms with Gasteiger partial charge in [0, 0.05) is 18.0 Å². The van der Waals surface area contributed by atoms with Gasteiger partial charge in [-0.05, 0) is 32.4 Å². The van der Waals surface area contributed by atoms with E-state index in [2.05, 4.69) is 4.98 Å². The Morgan fingerprint density at radius 3 is 2.52 bits per heavy atom. The molecule has 1 aromatic carbocycles. The Balaban J connectivity index is 2.00. The number of pyridine rings is 1. The van der Waals surface area contributed by atoms with Crippen molar-refractivity contribution in [1.29, 1.82) is 0 Å². The van der Waals surface area contributed by atoms with Crippen LogP contribution in [0, 0.1) is 0 Å². The molecule has 4 heteroatoms. The highest BCUT2D eigenvalue weighted by atomic mass is 16.5. The van der Waals surface area contributed by atoms with E-state index in [1.807, 2.05) is 63.2 Å². The van der Waals surface area contributed by atoms with Crippen molar-refractivity contribution in [2.45, 2.75) is 26.3 Å². The number of rotatable bonds is 3. The van der Waals surface area contributed by atoms with Crippen LogP contribution in [-0.2, 0) is 15.1 Å². The van der Waals surface area contributed by atoms with Crippen molar-refractivity contribution in [2.24, 2.45) is 0 Å². The van der Waals surface area contributed by atoms with Crippen LogP contribution in [0.15, 0.2) is 60.6 Å². The number of carbonyl (C=O) groups excluding carboxylic acids is 1. The van der Waals surface area contributed by atoms with Gasteiger partial charge in [-0.15, -0.1) is 0 Å². The normalized spacial score (nSPS) is 15.6. The number of nitrogens with zero attached hydrogens (tertiary/aromatic N) is 2. The van der Waals surface area contributed by atoms with Crippen LogP contribution in [-0.4, -0.2) is 22.5 Å². The molecule has 0 unspecified atom stereocenters. The second-order valence-electron chi connectivity index (χ2n) is 6.10. The molecule has 1 amide bonds. The number of ether oxygens (including phenoxy) is 1. The quantitative estimate of drug-likeness (QED) is 0.870. The standard InChI is InChI=1S/C19H20N2O2/c1-14-17(15-8-7-11-20-12-15)18(22)21(13-23-14)19(2,3)16-9-5-4-6-10-16/h4-12H,13H2,1-3H3. The lowest BCUT2D eigenvalue weighted by molar-refractivity contribution is -0.139. The molecule has 3 rings (SSSR count). The second-order valence-corrected chi connectivity index (χ2v) is 6.10. The van der Waals surface area contributed by atoms with Crippen molar-refractivity contribution in [3.05, 3.63) is 71.7 Å². The van der Waals surface area contributed by atoms with Gasteiger partial charge in [0.1, 0.15) is 5.76 Å². The van der Waals surface area contributed by atoms with Gasteiger partial charge in [0.05, 0.1) is 11.1 Å². The number of hydrogen-bond acceptors (Lipinski definition) is 3. The summed E-state index contributed by atoms with van der Waals surface area (Å²) in [6.45, 7) is 6.14. The van der Waals surface area contributed by atoms with Gasteiger partial charge in [-0.3, -0.25) is 14.7 Å². The zero-order valence-electron chi connectivity index (χ0n) is 13.6. The summed E-state index contributed by atoms with van der Waals surface area (Å²) in [5.74, 6) is 0.610. The number of aromatic nitrogens is 1. The van der Waals surface area contributed by atoms with Crippen molar-refractivity contribution >= 4 is 11.5 Å². The summed E-state index contributed by atoms with van der Waals surface area (Å²) in [5.41, 5.74) is 1.96. The first-order valence-corrected chi connectivity index (χ1v) is 7.63. The first kappa shape index (κ1) is 15.3. The van der Waals surface area contributed by atoms with E-state index in [1.165, 1.54) is 0 Å². The third-order valence-electron chi connectivity index (χ3n) is 4.33. The number of allylic oxidation sites excluding steroid dienone is 1. The Morgan fingerprint density at radius 2 is 1.87 bits per heavy atom. The molecule has 4 nitrogen and oxygen atoms in total. The van der Waals surface area contributed by atoms with Gasteiger partial charge >= 0.3 is 0 Å². The molecule has 1 aliphatic heterocycles. The summed E-state index contributed by atoms with van der Waals surface area (Å²) in [6, 6.07) is 13.7. The van der Waals surface area contributed by atoms with E-state index in [0.717, 1.165) is 11.1 Å². The molecule has 0 spiro atoms. The summed E-state index contributed by atoms with van der Waals surface area (Å²) >= 11 is 0. The van der Waals surface area contributed by atoms with Crippen molar-refractivity contribution in [1.82, 2.24) is 9.88 Å². The lowest BCUT2D eigenvalue weighted by Gasteiger charge is -2.41. The lowest BCUT2D eigenvalue weighted by atomic mass is 9.90. The Kier molecular flexibility index (Phi) is 3.90. The van der Waals surface area contributed by atoms with E-state index < -0.39 is 5.54 Å². The summed E-state index contributed by atoms with van der Waals surface area (Å²) < 4.78 is 5.79. The van der Waals surface area contributed by atoms with E-state index >= 15 is 0 Å². The fraction of sp³-hybridized carbons (Fsp3) is 0.263. The maximum absolute atomic E-state index is 13.1. The molecule has 1 aromatic heterocycles. The molecule has 23 heavy (non-hydrogen) atoms. The van der Waals surface area contributed by atoms with Crippen LogP contribution < -0.4 is 0 Å². The lowest BCUT2D eigenvalue weighted by Crippen LogP contribution is -2.49. The zero-order chi connectivity index (χ0) is 16.4. The SMILES string of the molecule is CC1=C(c2cccnc2)C(=O)N(C(C)(C)c2ccccc2)CO1. The molecular weight excluding hydrogens is 288 g/mol. The van der Waals surface area contributed by atoms with E-state index in [0.29, 0.717) is 11.3 Å². The van der Waals surface area contributed by atoms with Crippen LogP contribution in [0.1, 0.15) is 31.9 Å². The predicted molar refractivity (Wildman–Crippen MR) is 89.1 cm³/mol. The molecule has 0 fully saturated rings. The maximum Gasteiger partial charge on any atom is 0.261 e. The van der Waals surface area contributed by atoms with Crippen molar-refractivity contribution < 1.29 is 9.53 Å². The Morgan fingerprint density at radius 1 is 1.13 bits per heavy atom. The highest BCUT2D eigenvalue weighted by molar-refractivity contribution is 6.20. The molecule has 2 aromatic rings. The minimum atomic E-state index is -0.466. The predicted octanol–water partition coefficient (Wildman–Crippen LogP) is 3.56. The Bertz CT molecular complexity index is 736. The number of hydrogen-bond donors (Lipinski definition) is 0. The van der Waals surface area contributed by atoms with Gasteiger partial charge < -0.3 is 4.74 Å². The van der Waals surface area contributed by atoms with Crippen molar-refractivity contribution in [3.63, 3.8) is 0 Å². The van der Waals surface area contributed by atoms with Crippen LogP contribution in [0.3, 0.4) is 0 Å². The fourth-order valence-electron chi connectivity index (χ4n) is 2.83. The van der Waals surface area contributed by atoms with Gasteiger partial charge in [-0.2, -0.15) is 0 Å². The second kappa shape index (κ2) is 5.88. The number of benzene rings is 1. The monoisotopic (exact) mass is 308 g/mol. The molecule has 0 aliphatic carbocycles. The highest BCUT2D eigenvalue weighted by Gasteiger charge is 2.38. The average Bonchev–Trinajstić information content (AvgIpc) is 2.56. The molecular formula is C19H20N2O2. The number of amides is 1. The first-order valence-electron chi connectivity index (χ1n) is 7.63. The minimum Gasteiger partial charge on any atom is -0.477 e. The summed E-state index contributed by atoms with van der Waals surface area (Å²) in [5, 5.41) is 0. The van der Waals surface area contributed by atoms with Gasteiger partial charge in [0.15, 0.2) is 6.73 Å². The molecule has 0 radical (unpaired) electrons.